The minimum atomic E-state index is 0.750. The molecule has 1 aliphatic rings. The predicted molar refractivity (Wildman–Crippen MR) is 57.8 cm³/mol. The highest BCUT2D eigenvalue weighted by Gasteiger charge is 2.07. The number of rotatable bonds is 0. The van der Waals surface area contributed by atoms with E-state index in [1.165, 1.54) is 11.3 Å². The summed E-state index contributed by atoms with van der Waals surface area (Å²) in [6.45, 7) is 3.71. The van der Waals surface area contributed by atoms with Gasteiger partial charge in [0.25, 0.3) is 0 Å². The number of nitrogens with one attached hydrogen (secondary N) is 1. The molecule has 1 aliphatic heterocycles. The van der Waals surface area contributed by atoms with Gasteiger partial charge in [0.1, 0.15) is 0 Å². The van der Waals surface area contributed by atoms with Crippen molar-refractivity contribution in [2.24, 2.45) is 5.73 Å². The van der Waals surface area contributed by atoms with Crippen LogP contribution in [0.15, 0.2) is 18.2 Å². The van der Waals surface area contributed by atoms with Crippen LogP contribution in [0.25, 0.3) is 0 Å². The first kappa shape index (κ1) is 9.86. The predicted octanol–water partition coefficient (Wildman–Crippen LogP) is 1.20. The molecule has 3 nitrogen and oxygen atoms in total. The molecule has 1 heterocycles. The molecule has 3 heteroatoms. The van der Waals surface area contributed by atoms with E-state index in [4.69, 9.17) is 11.5 Å². The van der Waals surface area contributed by atoms with Crippen molar-refractivity contribution in [1.82, 2.24) is 0 Å². The van der Waals surface area contributed by atoms with Crippen molar-refractivity contribution in [3.8, 4) is 0 Å². The van der Waals surface area contributed by atoms with E-state index >= 15 is 0 Å². The number of nitrogens with two attached hydrogens (primary N) is 2. The smallest absolute Gasteiger partial charge is 0.0375 e. The molecule has 72 valence electrons. The standard InChI is InChI=1S/C8H10N2.C2H7N/c9-7-1-2-8-6(5-7)3-4-10-8;1-2-3/h1-2,5,10H,3-4,9H2;2-3H2,1H3. The van der Waals surface area contributed by atoms with Crippen molar-refractivity contribution < 1.29 is 0 Å². The Kier molecular flexibility index (Phi) is 3.58. The summed E-state index contributed by atoms with van der Waals surface area (Å²) in [6, 6.07) is 6.00. The Balaban J connectivity index is 0.000000251. The van der Waals surface area contributed by atoms with Crippen LogP contribution in [0, 0.1) is 0 Å². The molecular formula is C10H17N3. The second-order valence-corrected chi connectivity index (χ2v) is 3.00. The van der Waals surface area contributed by atoms with E-state index in [1.54, 1.807) is 0 Å². The molecule has 0 amide bonds. The Bertz CT molecular complexity index is 271. The molecule has 0 radical (unpaired) electrons. The SMILES string of the molecule is CCN.Nc1ccc2c(c1)CCN2. The highest BCUT2D eigenvalue weighted by atomic mass is 14.9. The first-order chi connectivity index (χ1) is 6.27. The number of anilines is 2. The first-order valence-corrected chi connectivity index (χ1v) is 4.60. The van der Waals surface area contributed by atoms with Crippen LogP contribution < -0.4 is 16.8 Å². The minimum absolute atomic E-state index is 0.750. The molecule has 0 atom stereocenters. The van der Waals surface area contributed by atoms with Crippen molar-refractivity contribution in [3.05, 3.63) is 23.8 Å². The van der Waals surface area contributed by atoms with E-state index < -0.39 is 0 Å². The molecule has 0 saturated heterocycles. The summed E-state index contributed by atoms with van der Waals surface area (Å²) in [6.07, 6.45) is 1.11. The second kappa shape index (κ2) is 4.72. The van der Waals surface area contributed by atoms with Crippen LogP contribution in [0.5, 0.6) is 0 Å². The van der Waals surface area contributed by atoms with Gasteiger partial charge in [-0.05, 0) is 36.7 Å². The second-order valence-electron chi connectivity index (χ2n) is 3.00. The minimum Gasteiger partial charge on any atom is -0.399 e. The van der Waals surface area contributed by atoms with E-state index in [0.29, 0.717) is 0 Å². The van der Waals surface area contributed by atoms with Gasteiger partial charge in [-0.1, -0.05) is 6.92 Å². The number of fused-ring (bicyclic) bond motifs is 1. The Morgan fingerprint density at radius 3 is 2.85 bits per heavy atom. The van der Waals surface area contributed by atoms with Gasteiger partial charge in [-0.3, -0.25) is 0 Å². The number of benzene rings is 1. The van der Waals surface area contributed by atoms with Crippen molar-refractivity contribution in [1.29, 1.82) is 0 Å². The molecule has 1 aromatic rings. The molecule has 0 fully saturated rings. The van der Waals surface area contributed by atoms with E-state index in [-0.39, 0.29) is 0 Å². The molecule has 0 saturated carbocycles. The van der Waals surface area contributed by atoms with Crippen molar-refractivity contribution in [2.75, 3.05) is 24.1 Å². The zero-order valence-corrected chi connectivity index (χ0v) is 8.01. The topological polar surface area (TPSA) is 64.1 Å². The van der Waals surface area contributed by atoms with Gasteiger partial charge in [0.05, 0.1) is 0 Å². The fraction of sp³-hybridized carbons (Fsp3) is 0.400. The highest BCUT2D eigenvalue weighted by Crippen LogP contribution is 2.23. The lowest BCUT2D eigenvalue weighted by molar-refractivity contribution is 1.11. The largest absolute Gasteiger partial charge is 0.399 e. The van der Waals surface area contributed by atoms with Gasteiger partial charge in [-0.15, -0.1) is 0 Å². The summed E-state index contributed by atoms with van der Waals surface area (Å²) >= 11 is 0. The average Bonchev–Trinajstić information content (AvgIpc) is 2.52. The van der Waals surface area contributed by atoms with Crippen LogP contribution in [0.2, 0.25) is 0 Å². The Labute approximate surface area is 79.1 Å². The third kappa shape index (κ3) is 2.63. The lowest BCUT2D eigenvalue weighted by Crippen LogP contribution is -1.90. The van der Waals surface area contributed by atoms with Gasteiger partial charge < -0.3 is 16.8 Å². The maximum absolute atomic E-state index is 5.60. The lowest BCUT2D eigenvalue weighted by atomic mass is 10.1. The van der Waals surface area contributed by atoms with Crippen LogP contribution in [-0.4, -0.2) is 13.1 Å². The molecule has 0 bridgehead atoms. The molecule has 5 N–H and O–H groups in total. The maximum atomic E-state index is 5.60. The molecule has 13 heavy (non-hydrogen) atoms. The van der Waals surface area contributed by atoms with Gasteiger partial charge in [-0.25, -0.2) is 0 Å². The third-order valence-corrected chi connectivity index (χ3v) is 1.84. The van der Waals surface area contributed by atoms with Crippen molar-refractivity contribution >= 4 is 11.4 Å². The summed E-state index contributed by atoms with van der Waals surface area (Å²) in [4.78, 5) is 0. The number of hydrogen-bond acceptors (Lipinski definition) is 3. The molecule has 0 aromatic heterocycles. The van der Waals surface area contributed by atoms with E-state index in [1.807, 2.05) is 25.1 Å². The van der Waals surface area contributed by atoms with Gasteiger partial charge in [0, 0.05) is 17.9 Å². The van der Waals surface area contributed by atoms with Gasteiger partial charge in [0.2, 0.25) is 0 Å². The van der Waals surface area contributed by atoms with Crippen LogP contribution in [0.3, 0.4) is 0 Å². The van der Waals surface area contributed by atoms with Crippen LogP contribution in [0.4, 0.5) is 11.4 Å². The zero-order chi connectivity index (χ0) is 9.68. The average molecular weight is 179 g/mol. The Morgan fingerprint density at radius 2 is 2.15 bits per heavy atom. The normalized spacial score (nSPS) is 12.5. The van der Waals surface area contributed by atoms with Crippen LogP contribution >= 0.6 is 0 Å². The fourth-order valence-corrected chi connectivity index (χ4v) is 1.32. The Morgan fingerprint density at radius 1 is 1.46 bits per heavy atom. The molecular weight excluding hydrogens is 162 g/mol. The van der Waals surface area contributed by atoms with Gasteiger partial charge in [-0.2, -0.15) is 0 Å². The molecule has 2 rings (SSSR count). The zero-order valence-electron chi connectivity index (χ0n) is 8.01. The maximum Gasteiger partial charge on any atom is 0.0375 e. The van der Waals surface area contributed by atoms with Crippen molar-refractivity contribution in [3.63, 3.8) is 0 Å². The van der Waals surface area contributed by atoms with E-state index in [9.17, 15) is 0 Å². The lowest BCUT2D eigenvalue weighted by Gasteiger charge is -1.98. The molecule has 0 aliphatic carbocycles. The van der Waals surface area contributed by atoms with Gasteiger partial charge in [0.15, 0.2) is 0 Å². The summed E-state index contributed by atoms with van der Waals surface area (Å²) < 4.78 is 0. The van der Waals surface area contributed by atoms with E-state index in [2.05, 4.69) is 5.32 Å². The summed E-state index contributed by atoms with van der Waals surface area (Å²) in [5.41, 5.74) is 13.9. The monoisotopic (exact) mass is 179 g/mol. The van der Waals surface area contributed by atoms with Crippen LogP contribution in [-0.2, 0) is 6.42 Å². The first-order valence-electron chi connectivity index (χ1n) is 4.60. The third-order valence-electron chi connectivity index (χ3n) is 1.84. The molecule has 1 aromatic carbocycles. The van der Waals surface area contributed by atoms with E-state index in [0.717, 1.165) is 25.2 Å². The number of nitrogen functional groups attached to an aromatic ring is 1. The summed E-state index contributed by atoms with van der Waals surface area (Å²) in [5, 5.41) is 3.27. The van der Waals surface area contributed by atoms with Crippen molar-refractivity contribution in [2.45, 2.75) is 13.3 Å². The van der Waals surface area contributed by atoms with Gasteiger partial charge >= 0.3 is 0 Å². The molecule has 0 spiro atoms. The summed E-state index contributed by atoms with van der Waals surface area (Å²) in [5.74, 6) is 0. The fourth-order valence-electron chi connectivity index (χ4n) is 1.32. The number of hydrogen-bond donors (Lipinski definition) is 3. The quantitative estimate of drug-likeness (QED) is 0.524. The molecule has 0 unspecified atom stereocenters. The van der Waals surface area contributed by atoms with Crippen LogP contribution in [0.1, 0.15) is 12.5 Å². The summed E-state index contributed by atoms with van der Waals surface area (Å²) in [7, 11) is 0. The Hall–Kier alpha value is -1.22. The highest BCUT2D eigenvalue weighted by molar-refractivity contribution is 5.60.